The lowest BCUT2D eigenvalue weighted by Gasteiger charge is -2.19. The lowest BCUT2D eigenvalue weighted by Crippen LogP contribution is -2.34. The first-order valence-corrected chi connectivity index (χ1v) is 11.8. The van der Waals surface area contributed by atoms with E-state index in [0.29, 0.717) is 4.47 Å². The van der Waals surface area contributed by atoms with Crippen LogP contribution in [0.2, 0.25) is 5.02 Å². The Kier molecular flexibility index (Phi) is 5.67. The van der Waals surface area contributed by atoms with E-state index in [4.69, 9.17) is 16.0 Å². The maximum absolute atomic E-state index is 13.0. The molecule has 2 aromatic rings. The van der Waals surface area contributed by atoms with Crippen molar-refractivity contribution >= 4 is 69.8 Å². The minimum Gasteiger partial charge on any atom is -0.608 e. The van der Waals surface area contributed by atoms with Crippen molar-refractivity contribution < 1.29 is 22.2 Å². The molecule has 3 rings (SSSR count). The first-order chi connectivity index (χ1) is 13.0. The fraction of sp³-hybridized carbons (Fsp3) is 0.312. The Morgan fingerprint density at radius 3 is 2.64 bits per heavy atom. The zero-order valence-corrected chi connectivity index (χ0v) is 18.8. The fourth-order valence-electron chi connectivity index (χ4n) is 2.57. The van der Waals surface area contributed by atoms with E-state index >= 15 is 0 Å². The Labute approximate surface area is 176 Å². The maximum Gasteiger partial charge on any atom is 0.356 e. The summed E-state index contributed by atoms with van der Waals surface area (Å²) in [4.78, 5) is 25.0. The molecule has 8 nitrogen and oxygen atoms in total. The van der Waals surface area contributed by atoms with Gasteiger partial charge in [-0.2, -0.15) is 5.01 Å². The summed E-state index contributed by atoms with van der Waals surface area (Å²) in [7, 11) is -4.01. The van der Waals surface area contributed by atoms with E-state index in [1.165, 1.54) is 19.9 Å². The Hall–Kier alpha value is -1.40. The van der Waals surface area contributed by atoms with Gasteiger partial charge in [0.2, 0.25) is 21.2 Å². The van der Waals surface area contributed by atoms with Gasteiger partial charge < -0.3 is 8.97 Å². The number of hydrazone groups is 1. The second-order valence-corrected chi connectivity index (χ2v) is 11.7. The van der Waals surface area contributed by atoms with Crippen molar-refractivity contribution in [3.63, 3.8) is 0 Å². The predicted octanol–water partition coefficient (Wildman–Crippen LogP) is 2.91. The van der Waals surface area contributed by atoms with Crippen molar-refractivity contribution in [2.24, 2.45) is 5.10 Å². The third-order valence-electron chi connectivity index (χ3n) is 4.06. The molecule has 0 radical (unpaired) electrons. The van der Waals surface area contributed by atoms with Crippen LogP contribution < -0.4 is 5.43 Å². The van der Waals surface area contributed by atoms with Crippen LogP contribution in [0.1, 0.15) is 31.7 Å². The number of benzene rings is 1. The molecule has 150 valence electrons. The first kappa shape index (κ1) is 21.3. The Morgan fingerprint density at radius 2 is 2.07 bits per heavy atom. The average Bonchev–Trinajstić information content (AvgIpc) is 2.94. The van der Waals surface area contributed by atoms with Gasteiger partial charge in [-0.05, 0) is 41.9 Å². The number of fused-ring (bicyclic) bond motifs is 1. The zero-order valence-electron chi connectivity index (χ0n) is 14.8. The number of nitrogens with zero attached hydrogens (tertiary/aromatic N) is 2. The summed E-state index contributed by atoms with van der Waals surface area (Å²) < 4.78 is 43.2. The first-order valence-electron chi connectivity index (χ1n) is 7.90. The Balaban J connectivity index is 2.22. The van der Waals surface area contributed by atoms with E-state index in [0.717, 1.165) is 18.2 Å². The topological polar surface area (TPSA) is 120 Å². The summed E-state index contributed by atoms with van der Waals surface area (Å²) >= 11 is 6.95. The predicted molar refractivity (Wildman–Crippen MR) is 110 cm³/mol. The van der Waals surface area contributed by atoms with Gasteiger partial charge in [-0.15, -0.1) is 5.10 Å². The van der Waals surface area contributed by atoms with Gasteiger partial charge >= 0.3 is 4.38 Å². The molecule has 0 spiro atoms. The summed E-state index contributed by atoms with van der Waals surface area (Å²) in [5.74, 6) is -0.668. The lowest BCUT2D eigenvalue weighted by atomic mass is 10.1. The molecule has 0 saturated carbocycles. The zero-order chi connectivity index (χ0) is 21.0. The molecular formula is C16H14BrClN2O6S2. The molecule has 28 heavy (non-hydrogen) atoms. The van der Waals surface area contributed by atoms with Crippen LogP contribution in [0.25, 0.3) is 11.0 Å². The van der Waals surface area contributed by atoms with Gasteiger partial charge in [0.25, 0.3) is 5.37 Å². The third-order valence-corrected chi connectivity index (χ3v) is 9.15. The van der Waals surface area contributed by atoms with Gasteiger partial charge in [0.05, 0.1) is 26.3 Å². The number of carbonyl (C=O) groups excluding carboxylic acids is 1. The van der Waals surface area contributed by atoms with Crippen LogP contribution in [0.4, 0.5) is 0 Å². The minimum atomic E-state index is -4.01. The monoisotopic (exact) mass is 508 g/mol. The van der Waals surface area contributed by atoms with E-state index in [9.17, 15) is 22.6 Å². The summed E-state index contributed by atoms with van der Waals surface area (Å²) in [6.07, 6.45) is 1.06. The molecule has 2 heterocycles. The van der Waals surface area contributed by atoms with Gasteiger partial charge in [-0.25, -0.2) is 8.42 Å². The fourth-order valence-corrected chi connectivity index (χ4v) is 6.98. The number of hydrogen-bond acceptors (Lipinski definition) is 7. The van der Waals surface area contributed by atoms with Crippen LogP contribution in [0.3, 0.4) is 0 Å². The van der Waals surface area contributed by atoms with Gasteiger partial charge in [-0.3, -0.25) is 9.59 Å². The largest absolute Gasteiger partial charge is 0.608 e. The van der Waals surface area contributed by atoms with Crippen molar-refractivity contribution in [3.8, 4) is 0 Å². The van der Waals surface area contributed by atoms with Crippen molar-refractivity contribution in [1.82, 2.24) is 5.01 Å². The Bertz CT molecular complexity index is 1180. The second-order valence-electron chi connectivity index (χ2n) is 6.26. The van der Waals surface area contributed by atoms with Crippen molar-refractivity contribution in [2.75, 3.05) is 0 Å². The van der Waals surface area contributed by atoms with Crippen LogP contribution in [0.5, 0.6) is 0 Å². The standard InChI is InChI=1S/C16H14BrClN2O6S2/c1-7(2)28(24,25)16-19-20(8(3)21)15(27(16)23)11-6-26-14-10(13(11)22)4-9(18)5-12(14)17/h4-7,15H,1-3H3. The highest BCUT2D eigenvalue weighted by molar-refractivity contribution is 9.10. The lowest BCUT2D eigenvalue weighted by molar-refractivity contribution is -0.129. The van der Waals surface area contributed by atoms with Gasteiger partial charge in [0, 0.05) is 11.9 Å². The number of amides is 1. The molecule has 0 fully saturated rings. The minimum absolute atomic E-state index is 0.0949. The van der Waals surface area contributed by atoms with E-state index in [1.807, 2.05) is 0 Å². The number of sulfone groups is 1. The quantitative estimate of drug-likeness (QED) is 0.574. The molecule has 1 amide bonds. The van der Waals surface area contributed by atoms with Crippen LogP contribution >= 0.6 is 27.5 Å². The van der Waals surface area contributed by atoms with E-state index in [1.54, 1.807) is 6.07 Å². The number of rotatable bonds is 2. The molecule has 1 aliphatic rings. The van der Waals surface area contributed by atoms with Crippen molar-refractivity contribution in [2.45, 2.75) is 31.4 Å². The summed E-state index contributed by atoms with van der Waals surface area (Å²) in [5, 5.41) is 2.55. The maximum atomic E-state index is 13.0. The van der Waals surface area contributed by atoms with Gasteiger partial charge in [-0.1, -0.05) is 11.6 Å². The third kappa shape index (κ3) is 3.39. The van der Waals surface area contributed by atoms with Crippen molar-refractivity contribution in [1.29, 1.82) is 0 Å². The Morgan fingerprint density at radius 1 is 1.43 bits per heavy atom. The normalized spacial score (nSPS) is 20.1. The summed E-state index contributed by atoms with van der Waals surface area (Å²) in [5.41, 5.74) is -0.535. The molecular weight excluding hydrogens is 496 g/mol. The van der Waals surface area contributed by atoms with Crippen LogP contribution in [0.15, 0.2) is 37.2 Å². The highest BCUT2D eigenvalue weighted by atomic mass is 79.9. The molecule has 0 saturated heterocycles. The van der Waals surface area contributed by atoms with Crippen LogP contribution in [-0.2, 0) is 25.8 Å². The molecule has 0 bridgehead atoms. The van der Waals surface area contributed by atoms with Crippen LogP contribution in [-0.4, -0.2) is 33.5 Å². The van der Waals surface area contributed by atoms with E-state index in [2.05, 4.69) is 21.0 Å². The van der Waals surface area contributed by atoms with Gasteiger partial charge in [0.15, 0.2) is 5.58 Å². The average molecular weight is 510 g/mol. The highest BCUT2D eigenvalue weighted by Crippen LogP contribution is 2.36. The van der Waals surface area contributed by atoms with E-state index < -0.39 is 47.3 Å². The SMILES string of the molecule is CC(=O)N1N=C(S(=O)(=O)C(C)C)[S+]([O-])C1c1coc2c(Br)cc(Cl)cc2c1=O. The molecule has 12 heteroatoms. The summed E-state index contributed by atoms with van der Waals surface area (Å²) in [6, 6.07) is 2.91. The number of halogens is 2. The molecule has 2 unspecified atom stereocenters. The molecule has 0 N–H and O–H groups in total. The molecule has 1 aliphatic heterocycles. The smallest absolute Gasteiger partial charge is 0.356 e. The number of hydrogen-bond donors (Lipinski definition) is 0. The molecule has 2 atom stereocenters. The molecule has 1 aromatic heterocycles. The highest BCUT2D eigenvalue weighted by Gasteiger charge is 2.51. The second kappa shape index (κ2) is 7.45. The van der Waals surface area contributed by atoms with Crippen LogP contribution in [0, 0.1) is 0 Å². The van der Waals surface area contributed by atoms with E-state index in [-0.39, 0.29) is 21.6 Å². The molecule has 1 aromatic carbocycles. The molecule has 0 aliphatic carbocycles. The van der Waals surface area contributed by atoms with Gasteiger partial charge in [0.1, 0.15) is 11.8 Å². The van der Waals surface area contributed by atoms with Crippen molar-refractivity contribution in [3.05, 3.63) is 43.7 Å². The summed E-state index contributed by atoms with van der Waals surface area (Å²) in [6.45, 7) is 3.95. The number of carbonyl (C=O) groups is 1.